The molecule has 3 nitrogen and oxygen atoms in total. The fraction of sp³-hybridized carbons (Fsp3) is 1.00. The summed E-state index contributed by atoms with van der Waals surface area (Å²) in [6.07, 6.45) is 6.44. The van der Waals surface area contributed by atoms with Crippen molar-refractivity contribution in [3.8, 4) is 0 Å². The molecule has 2 heterocycles. The summed E-state index contributed by atoms with van der Waals surface area (Å²) in [6.45, 7) is 5.14. The summed E-state index contributed by atoms with van der Waals surface area (Å²) in [5.74, 6) is 0.860. The predicted molar refractivity (Wildman–Crippen MR) is 61.9 cm³/mol. The smallest absolute Gasteiger partial charge is 0.0586 e. The molecule has 0 aliphatic carbocycles. The highest BCUT2D eigenvalue weighted by Gasteiger charge is 2.24. The highest BCUT2D eigenvalue weighted by atomic mass is 16.3. The standard InChI is InChI=1S/C12H24N2O/c15-10-12-3-1-2-8-14(12)9-11-4-6-13-7-5-11/h11-13,15H,1-10H2/t12-/m1/s1. The average Bonchev–Trinajstić information content (AvgIpc) is 2.31. The fourth-order valence-corrected chi connectivity index (χ4v) is 2.90. The number of nitrogens with zero attached hydrogens (tertiary/aromatic N) is 1. The Balaban J connectivity index is 1.79. The lowest BCUT2D eigenvalue weighted by Crippen LogP contribution is -2.45. The highest BCUT2D eigenvalue weighted by Crippen LogP contribution is 2.21. The van der Waals surface area contributed by atoms with E-state index in [2.05, 4.69) is 10.2 Å². The Morgan fingerprint density at radius 3 is 2.67 bits per heavy atom. The number of nitrogens with one attached hydrogen (secondary N) is 1. The molecule has 15 heavy (non-hydrogen) atoms. The van der Waals surface area contributed by atoms with Crippen LogP contribution in [0.5, 0.6) is 0 Å². The van der Waals surface area contributed by atoms with Crippen LogP contribution in [0.25, 0.3) is 0 Å². The monoisotopic (exact) mass is 212 g/mol. The lowest BCUT2D eigenvalue weighted by molar-refractivity contribution is 0.0709. The Bertz CT molecular complexity index is 180. The molecule has 0 spiro atoms. The molecule has 88 valence electrons. The topological polar surface area (TPSA) is 35.5 Å². The Hall–Kier alpha value is -0.120. The molecule has 2 N–H and O–H groups in total. The van der Waals surface area contributed by atoms with Gasteiger partial charge in [0.25, 0.3) is 0 Å². The van der Waals surface area contributed by atoms with E-state index in [-0.39, 0.29) is 0 Å². The molecule has 0 unspecified atom stereocenters. The minimum absolute atomic E-state index is 0.352. The maximum absolute atomic E-state index is 9.34. The van der Waals surface area contributed by atoms with Gasteiger partial charge in [-0.25, -0.2) is 0 Å². The van der Waals surface area contributed by atoms with E-state index in [1.54, 1.807) is 0 Å². The van der Waals surface area contributed by atoms with Gasteiger partial charge in [0, 0.05) is 12.6 Å². The molecular formula is C12H24N2O. The van der Waals surface area contributed by atoms with Gasteiger partial charge < -0.3 is 10.4 Å². The first-order valence-corrected chi connectivity index (χ1v) is 6.46. The van der Waals surface area contributed by atoms with E-state index in [1.807, 2.05) is 0 Å². The normalized spacial score (nSPS) is 30.6. The first-order chi connectivity index (χ1) is 7.40. The van der Waals surface area contributed by atoms with Crippen molar-refractivity contribution in [1.29, 1.82) is 0 Å². The number of aliphatic hydroxyl groups is 1. The molecule has 0 radical (unpaired) electrons. The van der Waals surface area contributed by atoms with Gasteiger partial charge in [-0.1, -0.05) is 6.42 Å². The Labute approximate surface area is 92.8 Å². The van der Waals surface area contributed by atoms with Gasteiger partial charge in [-0.2, -0.15) is 0 Å². The van der Waals surface area contributed by atoms with E-state index in [1.165, 1.54) is 58.3 Å². The van der Waals surface area contributed by atoms with Crippen molar-refractivity contribution in [2.45, 2.75) is 38.1 Å². The van der Waals surface area contributed by atoms with E-state index in [4.69, 9.17) is 0 Å². The fourth-order valence-electron chi connectivity index (χ4n) is 2.90. The van der Waals surface area contributed by atoms with E-state index in [0.717, 1.165) is 5.92 Å². The minimum Gasteiger partial charge on any atom is -0.395 e. The number of hydrogen-bond acceptors (Lipinski definition) is 3. The van der Waals surface area contributed by atoms with Gasteiger partial charge in [-0.15, -0.1) is 0 Å². The summed E-state index contributed by atoms with van der Waals surface area (Å²) in [4.78, 5) is 2.53. The van der Waals surface area contributed by atoms with Crippen molar-refractivity contribution < 1.29 is 5.11 Å². The number of hydrogen-bond donors (Lipinski definition) is 2. The zero-order valence-electron chi connectivity index (χ0n) is 9.62. The quantitative estimate of drug-likeness (QED) is 0.727. The van der Waals surface area contributed by atoms with E-state index >= 15 is 0 Å². The van der Waals surface area contributed by atoms with Gasteiger partial charge >= 0.3 is 0 Å². The zero-order chi connectivity index (χ0) is 10.5. The third kappa shape index (κ3) is 3.16. The van der Waals surface area contributed by atoms with Crippen LogP contribution in [0.15, 0.2) is 0 Å². The second-order valence-electron chi connectivity index (χ2n) is 5.02. The molecule has 2 fully saturated rings. The Kier molecular flexibility index (Phi) is 4.42. The Morgan fingerprint density at radius 1 is 1.13 bits per heavy atom. The molecule has 0 aromatic heterocycles. The number of likely N-dealkylation sites (tertiary alicyclic amines) is 1. The van der Waals surface area contributed by atoms with Crippen LogP contribution in [0.1, 0.15) is 32.1 Å². The van der Waals surface area contributed by atoms with E-state index in [9.17, 15) is 5.11 Å². The number of aliphatic hydroxyl groups excluding tert-OH is 1. The molecule has 2 aliphatic rings. The molecular weight excluding hydrogens is 188 g/mol. The summed E-state index contributed by atoms with van der Waals surface area (Å²) >= 11 is 0. The van der Waals surface area contributed by atoms with Gasteiger partial charge in [0.2, 0.25) is 0 Å². The Morgan fingerprint density at radius 2 is 1.93 bits per heavy atom. The predicted octanol–water partition coefficient (Wildman–Crippen LogP) is 0.833. The van der Waals surface area contributed by atoms with Crippen LogP contribution in [0.2, 0.25) is 0 Å². The SMILES string of the molecule is OC[C@H]1CCCCN1CC1CCNCC1. The third-order valence-corrected chi connectivity index (χ3v) is 3.91. The highest BCUT2D eigenvalue weighted by molar-refractivity contribution is 4.80. The van der Waals surface area contributed by atoms with E-state index < -0.39 is 0 Å². The van der Waals surface area contributed by atoms with Gasteiger partial charge in [0.05, 0.1) is 6.61 Å². The molecule has 0 aromatic rings. The van der Waals surface area contributed by atoms with Gasteiger partial charge in [-0.05, 0) is 51.2 Å². The second-order valence-corrected chi connectivity index (χ2v) is 5.02. The molecule has 2 aliphatic heterocycles. The van der Waals surface area contributed by atoms with Crippen LogP contribution >= 0.6 is 0 Å². The van der Waals surface area contributed by atoms with Crippen molar-refractivity contribution >= 4 is 0 Å². The van der Waals surface area contributed by atoms with Crippen molar-refractivity contribution in [1.82, 2.24) is 10.2 Å². The van der Waals surface area contributed by atoms with Crippen molar-refractivity contribution in [2.24, 2.45) is 5.92 Å². The lowest BCUT2D eigenvalue weighted by atomic mass is 9.94. The molecule has 3 heteroatoms. The maximum atomic E-state index is 9.34. The summed E-state index contributed by atoms with van der Waals surface area (Å²) in [5, 5.41) is 12.7. The minimum atomic E-state index is 0.352. The number of piperidine rings is 2. The molecule has 0 saturated carbocycles. The molecule has 0 aromatic carbocycles. The van der Waals surface area contributed by atoms with Gasteiger partial charge in [0.1, 0.15) is 0 Å². The summed E-state index contributed by atoms with van der Waals surface area (Å²) in [5.41, 5.74) is 0. The van der Waals surface area contributed by atoms with Crippen molar-refractivity contribution in [2.75, 3.05) is 32.8 Å². The van der Waals surface area contributed by atoms with Gasteiger partial charge in [0.15, 0.2) is 0 Å². The van der Waals surface area contributed by atoms with Crippen molar-refractivity contribution in [3.05, 3.63) is 0 Å². The summed E-state index contributed by atoms with van der Waals surface area (Å²) < 4.78 is 0. The molecule has 0 bridgehead atoms. The molecule has 2 rings (SSSR count). The van der Waals surface area contributed by atoms with E-state index in [0.29, 0.717) is 12.6 Å². The van der Waals surface area contributed by atoms with Crippen LogP contribution in [0.4, 0.5) is 0 Å². The molecule has 0 amide bonds. The second kappa shape index (κ2) is 5.83. The van der Waals surface area contributed by atoms with Crippen LogP contribution in [-0.2, 0) is 0 Å². The average molecular weight is 212 g/mol. The van der Waals surface area contributed by atoms with Crippen LogP contribution in [-0.4, -0.2) is 48.8 Å². The zero-order valence-corrected chi connectivity index (χ0v) is 9.62. The molecule has 2 saturated heterocycles. The van der Waals surface area contributed by atoms with Crippen LogP contribution in [0.3, 0.4) is 0 Å². The largest absolute Gasteiger partial charge is 0.395 e. The molecule has 1 atom stereocenters. The lowest BCUT2D eigenvalue weighted by Gasteiger charge is -2.38. The van der Waals surface area contributed by atoms with Crippen molar-refractivity contribution in [3.63, 3.8) is 0 Å². The van der Waals surface area contributed by atoms with Crippen LogP contribution < -0.4 is 5.32 Å². The maximum Gasteiger partial charge on any atom is 0.0586 e. The van der Waals surface area contributed by atoms with Gasteiger partial charge in [-0.3, -0.25) is 4.90 Å². The first-order valence-electron chi connectivity index (χ1n) is 6.46. The van der Waals surface area contributed by atoms with Crippen LogP contribution in [0, 0.1) is 5.92 Å². The summed E-state index contributed by atoms with van der Waals surface area (Å²) in [7, 11) is 0. The number of rotatable bonds is 3. The third-order valence-electron chi connectivity index (χ3n) is 3.91. The summed E-state index contributed by atoms with van der Waals surface area (Å²) in [6, 6.07) is 0.452. The first kappa shape index (κ1) is 11.4.